The van der Waals surface area contributed by atoms with Crippen molar-refractivity contribution < 1.29 is 31.0 Å². The molecular formula is C9H17NO5. The van der Waals surface area contributed by atoms with Gasteiger partial charge in [-0.3, -0.25) is 0 Å². The summed E-state index contributed by atoms with van der Waals surface area (Å²) in [6, 6.07) is -2.24. The molecule has 0 saturated carbocycles. The van der Waals surface area contributed by atoms with Gasteiger partial charge in [0.1, 0.15) is 5.60 Å². The van der Waals surface area contributed by atoms with E-state index in [-0.39, 0.29) is 0 Å². The molecule has 0 spiro atoms. The minimum atomic E-state index is -3.16. The molecule has 0 aromatic carbocycles. The zero-order valence-electron chi connectivity index (χ0n) is 13.7. The Morgan fingerprint density at radius 3 is 2.60 bits per heavy atom. The smallest absolute Gasteiger partial charge is 0.408 e. The summed E-state index contributed by atoms with van der Waals surface area (Å²) >= 11 is 0. The normalized spacial score (nSPS) is 19.8. The van der Waals surface area contributed by atoms with Gasteiger partial charge >= 0.3 is 12.1 Å². The zero-order chi connectivity index (χ0) is 16.4. The maximum atomic E-state index is 11.4. The second-order valence-corrected chi connectivity index (χ2v) is 3.64. The van der Waals surface area contributed by atoms with Gasteiger partial charge in [-0.2, -0.15) is 0 Å². The summed E-state index contributed by atoms with van der Waals surface area (Å²) in [4.78, 5) is 22.4. The lowest BCUT2D eigenvalue weighted by Crippen LogP contribution is -2.45. The number of ether oxygens (including phenoxy) is 2. The van der Waals surface area contributed by atoms with Crippen molar-refractivity contribution in [3.8, 4) is 0 Å². The second-order valence-electron chi connectivity index (χ2n) is 3.64. The van der Waals surface area contributed by atoms with Crippen molar-refractivity contribution in [3.05, 3.63) is 0 Å². The highest BCUT2D eigenvalue weighted by molar-refractivity contribution is 5.80. The minimum absolute atomic E-state index is 0.926. The van der Waals surface area contributed by atoms with E-state index in [1.165, 1.54) is 20.8 Å². The molecule has 0 heterocycles. The SMILES string of the molecule is [2H]C([2H])([2H])OC([2H])([2H])[C@@H](NC(=O)OC(C)(C)C)C(=O)O. The molecule has 0 aromatic rings. The molecule has 0 rings (SSSR count). The van der Waals surface area contributed by atoms with Crippen LogP contribution in [0, 0.1) is 0 Å². The Bertz CT molecular complexity index is 376. The highest BCUT2D eigenvalue weighted by Crippen LogP contribution is 2.06. The van der Waals surface area contributed by atoms with Crippen LogP contribution in [0.1, 0.15) is 27.6 Å². The van der Waals surface area contributed by atoms with Crippen LogP contribution in [0.3, 0.4) is 0 Å². The number of hydrogen-bond acceptors (Lipinski definition) is 4. The van der Waals surface area contributed by atoms with Gasteiger partial charge in [0.15, 0.2) is 6.04 Å². The molecule has 0 saturated heterocycles. The summed E-state index contributed by atoms with van der Waals surface area (Å²) in [5.74, 6) is -1.80. The van der Waals surface area contributed by atoms with E-state index in [0.29, 0.717) is 0 Å². The largest absolute Gasteiger partial charge is 0.480 e. The van der Waals surface area contributed by atoms with Crippen molar-refractivity contribution in [1.82, 2.24) is 5.32 Å². The Kier molecular flexibility index (Phi) is 2.61. The van der Waals surface area contributed by atoms with Crippen molar-refractivity contribution in [3.63, 3.8) is 0 Å². The number of carboxylic acid groups (broad SMARTS) is 1. The van der Waals surface area contributed by atoms with Gasteiger partial charge in [0.05, 0.1) is 13.4 Å². The first-order valence-electron chi connectivity index (χ1n) is 6.56. The molecule has 0 aliphatic heterocycles. The van der Waals surface area contributed by atoms with E-state index in [4.69, 9.17) is 16.7 Å². The number of carboxylic acids is 1. The molecule has 88 valence electrons. The molecule has 1 amide bonds. The van der Waals surface area contributed by atoms with E-state index in [2.05, 4.69) is 4.74 Å². The van der Waals surface area contributed by atoms with E-state index in [0.717, 1.165) is 0 Å². The number of carbonyl (C=O) groups is 2. The standard InChI is InChI=1S/C9H17NO5/c1-9(2,3)15-8(13)10-6(5-14-4)7(11)12/h6H,5H2,1-4H3,(H,10,13)(H,11,12)/t6-/m1/s1/i4D3,5D2. The summed E-state index contributed by atoms with van der Waals surface area (Å²) < 4.78 is 43.8. The molecule has 0 fully saturated rings. The molecule has 15 heavy (non-hydrogen) atoms. The Balaban J connectivity index is 4.99. The predicted molar refractivity (Wildman–Crippen MR) is 52.7 cm³/mol. The van der Waals surface area contributed by atoms with Crippen molar-refractivity contribution in [2.24, 2.45) is 0 Å². The zero-order valence-corrected chi connectivity index (χ0v) is 8.66. The molecule has 0 aromatic heterocycles. The van der Waals surface area contributed by atoms with Gasteiger partial charge in [-0.1, -0.05) is 0 Å². The highest BCUT2D eigenvalue weighted by atomic mass is 16.6. The fourth-order valence-electron chi connectivity index (χ4n) is 0.626. The number of amides is 1. The molecular weight excluding hydrogens is 202 g/mol. The molecule has 2 N–H and O–H groups in total. The van der Waals surface area contributed by atoms with Gasteiger partial charge in [-0.15, -0.1) is 0 Å². The number of alkyl carbamates (subject to hydrolysis) is 1. The van der Waals surface area contributed by atoms with Crippen LogP contribution in [0.4, 0.5) is 4.79 Å². The summed E-state index contributed by atoms with van der Waals surface area (Å²) in [7, 11) is -3.16. The lowest BCUT2D eigenvalue weighted by atomic mass is 10.2. The maximum absolute atomic E-state index is 11.4. The molecule has 0 radical (unpaired) electrons. The number of rotatable bonds is 4. The number of aliphatic carboxylic acids is 1. The highest BCUT2D eigenvalue weighted by Gasteiger charge is 2.23. The molecule has 6 heteroatoms. The van der Waals surface area contributed by atoms with Crippen LogP contribution < -0.4 is 5.32 Å². The number of hydrogen-bond donors (Lipinski definition) is 2. The second kappa shape index (κ2) is 5.55. The van der Waals surface area contributed by atoms with E-state index in [1.54, 1.807) is 5.32 Å². The van der Waals surface area contributed by atoms with Crippen LogP contribution in [0.5, 0.6) is 0 Å². The Morgan fingerprint density at radius 1 is 1.60 bits per heavy atom. The number of nitrogens with one attached hydrogen (secondary N) is 1. The molecule has 6 nitrogen and oxygen atoms in total. The van der Waals surface area contributed by atoms with Gasteiger partial charge < -0.3 is 19.9 Å². The van der Waals surface area contributed by atoms with Crippen molar-refractivity contribution in [2.45, 2.75) is 32.4 Å². The van der Waals surface area contributed by atoms with Crippen LogP contribution in [0.25, 0.3) is 0 Å². The number of carbonyl (C=O) groups excluding carboxylic acids is 1. The summed E-state index contributed by atoms with van der Waals surface area (Å²) in [5.41, 5.74) is -0.926. The average molecular weight is 224 g/mol. The third-order valence-corrected chi connectivity index (χ3v) is 1.08. The van der Waals surface area contributed by atoms with E-state index in [1.807, 2.05) is 0 Å². The van der Waals surface area contributed by atoms with E-state index < -0.39 is 37.3 Å². The molecule has 1 atom stereocenters. The lowest BCUT2D eigenvalue weighted by molar-refractivity contribution is -0.140. The predicted octanol–water partition coefficient (Wildman–Crippen LogP) is 0.611. The Morgan fingerprint density at radius 2 is 2.20 bits per heavy atom. The van der Waals surface area contributed by atoms with Gasteiger partial charge in [-0.05, 0) is 20.8 Å². The monoisotopic (exact) mass is 224 g/mol. The minimum Gasteiger partial charge on any atom is -0.480 e. The van der Waals surface area contributed by atoms with Crippen LogP contribution in [-0.4, -0.2) is 42.4 Å². The van der Waals surface area contributed by atoms with E-state index >= 15 is 0 Å². The van der Waals surface area contributed by atoms with Crippen LogP contribution in [0.15, 0.2) is 0 Å². The quantitative estimate of drug-likeness (QED) is 0.730. The van der Waals surface area contributed by atoms with E-state index in [9.17, 15) is 9.59 Å². The third kappa shape index (κ3) is 6.73. The fourth-order valence-corrected chi connectivity index (χ4v) is 0.626. The number of methoxy groups -OCH3 is 1. The summed E-state index contributed by atoms with van der Waals surface area (Å²) in [5, 5.41) is 10.6. The first-order valence-corrected chi connectivity index (χ1v) is 4.06. The van der Waals surface area contributed by atoms with Crippen LogP contribution in [-0.2, 0) is 14.3 Å². The summed E-state index contributed by atoms with van der Waals surface area (Å²) in [6.45, 7) is 1.43. The first-order chi connectivity index (χ1) is 8.64. The Labute approximate surface area is 95.6 Å². The van der Waals surface area contributed by atoms with Gasteiger partial charge in [0.2, 0.25) is 0 Å². The van der Waals surface area contributed by atoms with Crippen LogP contribution >= 0.6 is 0 Å². The molecule has 0 unspecified atom stereocenters. The first kappa shape index (κ1) is 7.05. The van der Waals surface area contributed by atoms with Gasteiger partial charge in [-0.25, -0.2) is 9.59 Å². The molecule has 0 aliphatic rings. The van der Waals surface area contributed by atoms with Crippen molar-refractivity contribution in [2.75, 3.05) is 13.6 Å². The molecule has 0 aliphatic carbocycles. The Hall–Kier alpha value is -1.30. The topological polar surface area (TPSA) is 84.9 Å². The van der Waals surface area contributed by atoms with Gasteiger partial charge in [0.25, 0.3) is 0 Å². The third-order valence-electron chi connectivity index (χ3n) is 1.08. The van der Waals surface area contributed by atoms with Crippen molar-refractivity contribution >= 4 is 12.1 Å². The van der Waals surface area contributed by atoms with Gasteiger partial charge in [0, 0.05) is 7.04 Å². The van der Waals surface area contributed by atoms with Crippen molar-refractivity contribution in [1.29, 1.82) is 0 Å². The molecule has 0 bridgehead atoms. The van der Waals surface area contributed by atoms with Crippen LogP contribution in [0.2, 0.25) is 0 Å². The maximum Gasteiger partial charge on any atom is 0.408 e. The lowest BCUT2D eigenvalue weighted by Gasteiger charge is -2.21. The average Bonchev–Trinajstić information content (AvgIpc) is 2.05. The summed E-state index contributed by atoms with van der Waals surface area (Å²) in [6.07, 6.45) is -1.21. The fraction of sp³-hybridized carbons (Fsp3) is 0.778.